The second kappa shape index (κ2) is 8.49. The number of hydrazone groups is 1. The summed E-state index contributed by atoms with van der Waals surface area (Å²) >= 11 is 13.5. The highest BCUT2D eigenvalue weighted by Crippen LogP contribution is 2.35. The summed E-state index contributed by atoms with van der Waals surface area (Å²) in [5.74, 6) is 0.207. The third-order valence-electron chi connectivity index (χ3n) is 5.37. The first-order valence-electron chi connectivity index (χ1n) is 9.64. The van der Waals surface area contributed by atoms with Gasteiger partial charge in [0.25, 0.3) is 11.5 Å². The van der Waals surface area contributed by atoms with Crippen molar-refractivity contribution >= 4 is 56.9 Å². The van der Waals surface area contributed by atoms with E-state index in [4.69, 9.17) is 23.2 Å². The average Bonchev–Trinajstić information content (AvgIpc) is 3.08. The zero-order chi connectivity index (χ0) is 21.4. The highest BCUT2D eigenvalue weighted by atomic mass is 35.5. The number of rotatable bonds is 4. The number of carbonyl (C=O) groups excluding carboxylic acids is 1. The molecule has 156 valence electrons. The van der Waals surface area contributed by atoms with Crippen molar-refractivity contribution in [3.05, 3.63) is 60.9 Å². The molecule has 30 heavy (non-hydrogen) atoms. The van der Waals surface area contributed by atoms with Gasteiger partial charge >= 0.3 is 0 Å². The second-order valence-corrected chi connectivity index (χ2v) is 9.47. The maximum Gasteiger partial charge on any atom is 0.263 e. The van der Waals surface area contributed by atoms with Crippen molar-refractivity contribution < 1.29 is 4.79 Å². The summed E-state index contributed by atoms with van der Waals surface area (Å²) < 4.78 is 1.37. The van der Waals surface area contributed by atoms with Crippen LogP contribution >= 0.6 is 34.5 Å². The Morgan fingerprint density at radius 2 is 2.20 bits per heavy atom. The van der Waals surface area contributed by atoms with Gasteiger partial charge in [-0.1, -0.05) is 36.2 Å². The van der Waals surface area contributed by atoms with Gasteiger partial charge in [-0.2, -0.15) is 5.10 Å². The van der Waals surface area contributed by atoms with Crippen molar-refractivity contribution in [1.29, 1.82) is 0 Å². The fraction of sp³-hybridized carbons (Fsp3) is 0.333. The molecule has 0 saturated carbocycles. The van der Waals surface area contributed by atoms with Crippen molar-refractivity contribution in [3.63, 3.8) is 0 Å². The summed E-state index contributed by atoms with van der Waals surface area (Å²) in [5.41, 5.74) is 4.09. The summed E-state index contributed by atoms with van der Waals surface area (Å²) in [5, 5.41) is 5.46. The van der Waals surface area contributed by atoms with E-state index in [2.05, 4.69) is 22.4 Å². The van der Waals surface area contributed by atoms with Crippen LogP contribution in [0.25, 0.3) is 10.2 Å². The number of nitrogens with one attached hydrogen (secondary N) is 1. The Morgan fingerprint density at radius 1 is 1.40 bits per heavy atom. The Labute approximate surface area is 187 Å². The van der Waals surface area contributed by atoms with Crippen molar-refractivity contribution in [3.8, 4) is 0 Å². The fourth-order valence-electron chi connectivity index (χ4n) is 3.60. The topological polar surface area (TPSA) is 76.3 Å². The molecular formula is C21H20Cl2N4O2S. The molecule has 0 saturated heterocycles. The number of aromatic nitrogens is 2. The van der Waals surface area contributed by atoms with Crippen LogP contribution in [0, 0.1) is 5.92 Å². The van der Waals surface area contributed by atoms with Gasteiger partial charge in [-0.25, -0.2) is 10.4 Å². The minimum absolute atomic E-state index is 0.178. The highest BCUT2D eigenvalue weighted by molar-refractivity contribution is 7.18. The van der Waals surface area contributed by atoms with E-state index >= 15 is 0 Å². The number of halogens is 2. The van der Waals surface area contributed by atoms with E-state index < -0.39 is 11.9 Å². The number of hydrogen-bond acceptors (Lipinski definition) is 5. The first-order valence-corrected chi connectivity index (χ1v) is 11.2. The lowest BCUT2D eigenvalue weighted by Gasteiger charge is -2.18. The molecule has 0 radical (unpaired) electrons. The molecule has 9 heteroatoms. The molecule has 2 atom stereocenters. The van der Waals surface area contributed by atoms with Crippen LogP contribution in [0.5, 0.6) is 0 Å². The fourth-order valence-corrected chi connectivity index (χ4v) is 5.25. The number of hydrogen-bond donors (Lipinski definition) is 1. The van der Waals surface area contributed by atoms with Crippen LogP contribution < -0.4 is 11.0 Å². The molecule has 2 aromatic heterocycles. The summed E-state index contributed by atoms with van der Waals surface area (Å²) in [6, 6.07) is 4.28. The largest absolute Gasteiger partial charge is 0.286 e. The van der Waals surface area contributed by atoms with E-state index in [-0.39, 0.29) is 5.56 Å². The third kappa shape index (κ3) is 4.02. The van der Waals surface area contributed by atoms with E-state index in [0.717, 1.165) is 29.7 Å². The van der Waals surface area contributed by atoms with E-state index in [9.17, 15) is 9.59 Å². The maximum atomic E-state index is 13.1. The molecule has 0 spiro atoms. The Kier molecular flexibility index (Phi) is 5.95. The Balaban J connectivity index is 1.55. The van der Waals surface area contributed by atoms with Gasteiger partial charge in [0.2, 0.25) is 0 Å². The molecule has 1 aromatic carbocycles. The minimum atomic E-state index is -0.751. The molecule has 0 aliphatic heterocycles. The van der Waals surface area contributed by atoms with Crippen LogP contribution in [0.15, 0.2) is 34.4 Å². The van der Waals surface area contributed by atoms with E-state index in [0.29, 0.717) is 26.9 Å². The zero-order valence-electron chi connectivity index (χ0n) is 16.5. The van der Waals surface area contributed by atoms with Crippen molar-refractivity contribution in [1.82, 2.24) is 15.0 Å². The zero-order valence-corrected chi connectivity index (χ0v) is 18.8. The molecule has 2 heterocycles. The molecule has 1 aliphatic rings. The smallest absolute Gasteiger partial charge is 0.263 e. The van der Waals surface area contributed by atoms with Crippen molar-refractivity contribution in [2.45, 2.75) is 39.2 Å². The molecule has 1 N–H and O–H groups in total. The van der Waals surface area contributed by atoms with Gasteiger partial charge in [0.15, 0.2) is 0 Å². The van der Waals surface area contributed by atoms with Crippen LogP contribution in [0.3, 0.4) is 0 Å². The van der Waals surface area contributed by atoms with E-state index in [1.54, 1.807) is 36.5 Å². The molecule has 4 rings (SSSR count). The molecule has 0 fully saturated rings. The van der Waals surface area contributed by atoms with Gasteiger partial charge in [0.05, 0.1) is 28.0 Å². The molecule has 3 aromatic rings. The number of amides is 1. The van der Waals surface area contributed by atoms with Crippen LogP contribution in [0.2, 0.25) is 10.0 Å². The lowest BCUT2D eigenvalue weighted by atomic mass is 9.89. The van der Waals surface area contributed by atoms with Crippen LogP contribution in [-0.4, -0.2) is 21.7 Å². The molecule has 6 nitrogen and oxygen atoms in total. The van der Waals surface area contributed by atoms with Crippen LogP contribution in [0.1, 0.15) is 42.3 Å². The number of benzene rings is 1. The minimum Gasteiger partial charge on any atom is -0.286 e. The van der Waals surface area contributed by atoms with Gasteiger partial charge in [0, 0.05) is 4.88 Å². The Hall–Kier alpha value is -2.22. The maximum absolute atomic E-state index is 13.1. The SMILES string of the molecule is C[C@H]1CCc2c(sc3ncn([C@@H](C)C(=O)N/N=C\c4ccc(Cl)c(Cl)c4)c(=O)c23)C1. The number of nitrogens with zero attached hydrogens (tertiary/aromatic N) is 3. The van der Waals surface area contributed by atoms with Crippen LogP contribution in [-0.2, 0) is 17.6 Å². The lowest BCUT2D eigenvalue weighted by Crippen LogP contribution is -2.34. The first kappa shape index (κ1) is 21.0. The second-order valence-electron chi connectivity index (χ2n) is 7.57. The number of fused-ring (bicyclic) bond motifs is 3. The standard InChI is InChI=1S/C21H20Cl2N4O2S/c1-11-3-5-14-17(7-11)30-20-18(14)21(29)27(10-24-20)12(2)19(28)26-25-9-13-4-6-15(22)16(23)8-13/h4,6,8-12H,3,5,7H2,1-2H3,(H,26,28)/b25-9-/t11-,12-/m0/s1. The molecule has 0 bridgehead atoms. The van der Waals surface area contributed by atoms with Crippen molar-refractivity contribution in [2.75, 3.05) is 0 Å². The van der Waals surface area contributed by atoms with Crippen molar-refractivity contribution in [2.24, 2.45) is 11.0 Å². The third-order valence-corrected chi connectivity index (χ3v) is 7.27. The predicted molar refractivity (Wildman–Crippen MR) is 122 cm³/mol. The molecule has 1 aliphatic carbocycles. The molecular weight excluding hydrogens is 443 g/mol. The van der Waals surface area contributed by atoms with Gasteiger partial charge in [-0.05, 0) is 55.4 Å². The summed E-state index contributed by atoms with van der Waals surface area (Å²) in [6.07, 6.45) is 5.84. The van der Waals surface area contributed by atoms with E-state index in [1.807, 2.05) is 0 Å². The highest BCUT2D eigenvalue weighted by Gasteiger charge is 2.25. The summed E-state index contributed by atoms with van der Waals surface area (Å²) in [4.78, 5) is 32.1. The lowest BCUT2D eigenvalue weighted by molar-refractivity contribution is -0.123. The van der Waals surface area contributed by atoms with Gasteiger partial charge in [0.1, 0.15) is 10.9 Å². The van der Waals surface area contributed by atoms with Gasteiger partial charge in [-0.15, -0.1) is 11.3 Å². The van der Waals surface area contributed by atoms with Gasteiger partial charge in [-0.3, -0.25) is 14.2 Å². The van der Waals surface area contributed by atoms with Crippen LogP contribution in [0.4, 0.5) is 0 Å². The number of aryl methyl sites for hydroxylation is 1. The van der Waals surface area contributed by atoms with E-state index in [1.165, 1.54) is 22.0 Å². The molecule has 0 unspecified atom stereocenters. The monoisotopic (exact) mass is 462 g/mol. The quantitative estimate of drug-likeness (QED) is 0.454. The number of thiophene rings is 1. The Bertz CT molecular complexity index is 1220. The summed E-state index contributed by atoms with van der Waals surface area (Å²) in [6.45, 7) is 3.88. The summed E-state index contributed by atoms with van der Waals surface area (Å²) in [7, 11) is 0. The van der Waals surface area contributed by atoms with Gasteiger partial charge < -0.3 is 0 Å². The predicted octanol–water partition coefficient (Wildman–Crippen LogP) is 4.60. The Morgan fingerprint density at radius 3 is 2.97 bits per heavy atom. The normalized spacial score (nSPS) is 17.3. The molecule has 1 amide bonds. The number of carbonyl (C=O) groups is 1. The average molecular weight is 463 g/mol. The first-order chi connectivity index (χ1) is 14.3.